The van der Waals surface area contributed by atoms with Gasteiger partial charge in [-0.2, -0.15) is 0 Å². The van der Waals surface area contributed by atoms with Gasteiger partial charge < -0.3 is 5.11 Å². The smallest absolute Gasteiger partial charge is 0.273 e. The molecule has 7 heteroatoms. The van der Waals surface area contributed by atoms with Crippen molar-refractivity contribution < 1.29 is 9.90 Å². The first-order valence-electron chi connectivity index (χ1n) is 5.66. The fraction of sp³-hybridized carbons (Fsp3) is 0. The molecule has 1 amide bonds. The molecule has 3 rings (SSSR count). The third-order valence-electron chi connectivity index (χ3n) is 2.60. The Morgan fingerprint density at radius 2 is 2.25 bits per heavy atom. The number of hydrogen-bond donors (Lipinski definition) is 2. The Balaban J connectivity index is 1.94. The third kappa shape index (κ3) is 2.33. The number of phenolic OH excluding ortho intramolecular Hbond substituents is 1. The molecule has 1 aliphatic heterocycles. The van der Waals surface area contributed by atoms with Gasteiger partial charge in [0.1, 0.15) is 5.75 Å². The summed E-state index contributed by atoms with van der Waals surface area (Å²) in [7, 11) is 0. The molecule has 0 atom stereocenters. The summed E-state index contributed by atoms with van der Waals surface area (Å²) in [5, 5.41) is 19.7. The Bertz CT molecular complexity index is 710. The lowest BCUT2D eigenvalue weighted by molar-refractivity contribution is -0.113. The van der Waals surface area contributed by atoms with Gasteiger partial charge in [-0.1, -0.05) is 12.1 Å². The number of nitrogens with zero attached hydrogens (tertiary/aromatic N) is 2. The van der Waals surface area contributed by atoms with Crippen molar-refractivity contribution in [1.82, 2.24) is 4.98 Å². The second-order valence-corrected chi connectivity index (χ2v) is 5.87. The van der Waals surface area contributed by atoms with Crippen LogP contribution in [0.5, 0.6) is 5.75 Å². The zero-order valence-corrected chi connectivity index (χ0v) is 11.7. The number of anilines is 1. The lowest BCUT2D eigenvalue weighted by Gasteiger charge is -2.08. The van der Waals surface area contributed by atoms with E-state index in [-0.39, 0.29) is 16.8 Å². The van der Waals surface area contributed by atoms with E-state index in [1.807, 2.05) is 0 Å². The Morgan fingerprint density at radius 3 is 2.95 bits per heavy atom. The monoisotopic (exact) mass is 303 g/mol. The molecule has 1 aromatic carbocycles. The predicted molar refractivity (Wildman–Crippen MR) is 81.0 cm³/mol. The average molecular weight is 303 g/mol. The Hall–Kier alpha value is -2.12. The van der Waals surface area contributed by atoms with E-state index in [4.69, 9.17) is 5.41 Å². The Morgan fingerprint density at radius 1 is 1.40 bits per heavy atom. The Kier molecular flexibility index (Phi) is 3.29. The van der Waals surface area contributed by atoms with Gasteiger partial charge in [-0.15, -0.1) is 11.3 Å². The highest BCUT2D eigenvalue weighted by Crippen LogP contribution is 2.36. The van der Waals surface area contributed by atoms with Crippen LogP contribution in [0, 0.1) is 5.41 Å². The van der Waals surface area contributed by atoms with Crippen LogP contribution in [0.3, 0.4) is 0 Å². The summed E-state index contributed by atoms with van der Waals surface area (Å²) in [4.78, 5) is 18.1. The molecule has 1 saturated heterocycles. The molecule has 0 radical (unpaired) electrons. The zero-order valence-electron chi connectivity index (χ0n) is 10.1. The average Bonchev–Trinajstić information content (AvgIpc) is 2.99. The first-order valence-corrected chi connectivity index (χ1v) is 7.36. The molecule has 2 aromatic rings. The maximum absolute atomic E-state index is 12.3. The third-order valence-corrected chi connectivity index (χ3v) is 4.25. The van der Waals surface area contributed by atoms with E-state index in [0.717, 1.165) is 17.3 Å². The SMILES string of the molecule is N=C1S/C(=C\c2cccc(O)c2)C(=O)N1c1nccs1. The molecule has 1 aliphatic rings. The van der Waals surface area contributed by atoms with E-state index < -0.39 is 0 Å². The van der Waals surface area contributed by atoms with Gasteiger partial charge in [0.05, 0.1) is 4.91 Å². The molecule has 2 heterocycles. The zero-order chi connectivity index (χ0) is 14.1. The molecule has 5 nitrogen and oxygen atoms in total. The van der Waals surface area contributed by atoms with Crippen LogP contribution in [-0.2, 0) is 4.79 Å². The van der Waals surface area contributed by atoms with Crippen molar-refractivity contribution in [3.05, 3.63) is 46.3 Å². The number of aromatic hydroxyl groups is 1. The largest absolute Gasteiger partial charge is 0.508 e. The minimum atomic E-state index is -0.265. The molecule has 0 unspecified atom stereocenters. The van der Waals surface area contributed by atoms with Gasteiger partial charge in [-0.25, -0.2) is 9.88 Å². The number of amidine groups is 1. The minimum absolute atomic E-state index is 0.136. The van der Waals surface area contributed by atoms with E-state index in [0.29, 0.717) is 10.0 Å². The summed E-state index contributed by atoms with van der Waals surface area (Å²) < 4.78 is 0. The Labute approximate surface area is 123 Å². The van der Waals surface area contributed by atoms with Crippen LogP contribution < -0.4 is 4.90 Å². The molecular formula is C13H9N3O2S2. The van der Waals surface area contributed by atoms with E-state index >= 15 is 0 Å². The molecule has 0 bridgehead atoms. The van der Waals surface area contributed by atoms with Crippen LogP contribution in [0.4, 0.5) is 5.13 Å². The highest BCUT2D eigenvalue weighted by Gasteiger charge is 2.34. The first-order chi connectivity index (χ1) is 9.65. The number of hydrogen-bond acceptors (Lipinski definition) is 6. The van der Waals surface area contributed by atoms with Gasteiger partial charge in [-0.05, 0) is 35.5 Å². The lowest BCUT2D eigenvalue weighted by atomic mass is 10.2. The highest BCUT2D eigenvalue weighted by molar-refractivity contribution is 8.19. The van der Waals surface area contributed by atoms with Crippen molar-refractivity contribution >= 4 is 45.4 Å². The molecule has 1 aromatic heterocycles. The lowest BCUT2D eigenvalue weighted by Crippen LogP contribution is -2.27. The molecule has 0 spiro atoms. The maximum Gasteiger partial charge on any atom is 0.273 e. The molecular weight excluding hydrogens is 294 g/mol. The van der Waals surface area contributed by atoms with E-state index in [2.05, 4.69) is 4.98 Å². The number of thioether (sulfide) groups is 1. The van der Waals surface area contributed by atoms with E-state index in [9.17, 15) is 9.90 Å². The van der Waals surface area contributed by atoms with Crippen molar-refractivity contribution in [2.75, 3.05) is 4.90 Å². The predicted octanol–water partition coefficient (Wildman–Crippen LogP) is 2.90. The van der Waals surface area contributed by atoms with Crippen LogP contribution in [0.25, 0.3) is 6.08 Å². The van der Waals surface area contributed by atoms with Crippen molar-refractivity contribution in [2.24, 2.45) is 0 Å². The van der Waals surface area contributed by atoms with E-state index in [1.165, 1.54) is 16.2 Å². The van der Waals surface area contributed by atoms with Crippen LogP contribution in [-0.4, -0.2) is 21.2 Å². The topological polar surface area (TPSA) is 77.3 Å². The van der Waals surface area contributed by atoms with Gasteiger partial charge >= 0.3 is 0 Å². The number of rotatable bonds is 2. The van der Waals surface area contributed by atoms with E-state index in [1.54, 1.807) is 41.9 Å². The van der Waals surface area contributed by atoms with Crippen molar-refractivity contribution in [2.45, 2.75) is 0 Å². The molecule has 100 valence electrons. The number of amides is 1. The second kappa shape index (κ2) is 5.10. The summed E-state index contributed by atoms with van der Waals surface area (Å²) >= 11 is 2.40. The number of nitrogens with one attached hydrogen (secondary N) is 1. The van der Waals surface area contributed by atoms with Crippen LogP contribution >= 0.6 is 23.1 Å². The molecule has 0 saturated carbocycles. The number of thiazole rings is 1. The number of phenols is 1. The normalized spacial score (nSPS) is 17.2. The van der Waals surface area contributed by atoms with Crippen LogP contribution in [0.1, 0.15) is 5.56 Å². The quantitative estimate of drug-likeness (QED) is 0.836. The van der Waals surface area contributed by atoms with Crippen molar-refractivity contribution in [3.63, 3.8) is 0 Å². The van der Waals surface area contributed by atoms with Gasteiger partial charge in [0, 0.05) is 11.6 Å². The first kappa shape index (κ1) is 12.9. The van der Waals surface area contributed by atoms with Crippen molar-refractivity contribution in [3.8, 4) is 5.75 Å². The summed E-state index contributed by atoms with van der Waals surface area (Å²) in [5.41, 5.74) is 0.717. The fourth-order valence-electron chi connectivity index (χ4n) is 1.75. The number of aromatic nitrogens is 1. The fourth-order valence-corrected chi connectivity index (χ4v) is 3.30. The summed E-state index contributed by atoms with van der Waals surface area (Å²) in [5.74, 6) is -0.125. The van der Waals surface area contributed by atoms with Crippen LogP contribution in [0.2, 0.25) is 0 Å². The number of carbonyl (C=O) groups is 1. The number of benzene rings is 1. The standard InChI is InChI=1S/C13H9N3O2S2/c14-12-16(13-15-4-5-19-13)11(18)10(20-12)7-8-2-1-3-9(17)6-8/h1-7,14,17H/b10-7-,14-12?. The van der Waals surface area contributed by atoms with Crippen LogP contribution in [0.15, 0.2) is 40.7 Å². The van der Waals surface area contributed by atoms with Crippen molar-refractivity contribution in [1.29, 1.82) is 5.41 Å². The summed E-state index contributed by atoms with van der Waals surface area (Å²) in [6.07, 6.45) is 3.26. The minimum Gasteiger partial charge on any atom is -0.508 e. The number of carbonyl (C=O) groups excluding carboxylic acids is 1. The van der Waals surface area contributed by atoms with Gasteiger partial charge in [0.25, 0.3) is 5.91 Å². The van der Waals surface area contributed by atoms with Gasteiger partial charge in [-0.3, -0.25) is 10.2 Å². The second-order valence-electron chi connectivity index (χ2n) is 3.97. The molecule has 0 aliphatic carbocycles. The van der Waals surface area contributed by atoms with Gasteiger partial charge in [0.15, 0.2) is 10.3 Å². The molecule has 20 heavy (non-hydrogen) atoms. The highest BCUT2D eigenvalue weighted by atomic mass is 32.2. The molecule has 2 N–H and O–H groups in total. The van der Waals surface area contributed by atoms with Gasteiger partial charge in [0.2, 0.25) is 0 Å². The summed E-state index contributed by atoms with van der Waals surface area (Å²) in [6.45, 7) is 0. The molecule has 1 fully saturated rings. The maximum atomic E-state index is 12.3. The summed E-state index contributed by atoms with van der Waals surface area (Å²) in [6, 6.07) is 6.62.